The normalized spacial score (nSPS) is 15.9. The molecule has 1 atom stereocenters. The van der Waals surface area contributed by atoms with Gasteiger partial charge < -0.3 is 15.0 Å². The fourth-order valence-corrected chi connectivity index (χ4v) is 3.82. The topological polar surface area (TPSA) is 62.8 Å². The summed E-state index contributed by atoms with van der Waals surface area (Å²) in [7, 11) is 0. The van der Waals surface area contributed by atoms with E-state index in [0.29, 0.717) is 18.5 Å². The van der Waals surface area contributed by atoms with E-state index in [0.717, 1.165) is 46.7 Å². The van der Waals surface area contributed by atoms with Crippen molar-refractivity contribution in [2.75, 3.05) is 6.54 Å². The number of hydrogen-bond donors (Lipinski definition) is 2. The Bertz CT molecular complexity index is 1100. The van der Waals surface area contributed by atoms with Gasteiger partial charge in [-0.15, -0.1) is 0 Å². The molecule has 0 saturated carbocycles. The molecule has 5 heteroatoms. The zero-order chi connectivity index (χ0) is 20.2. The second-order valence-corrected chi connectivity index (χ2v) is 7.57. The van der Waals surface area contributed by atoms with Gasteiger partial charge in [-0.25, -0.2) is 9.97 Å². The average Bonchev–Trinajstić information content (AvgIpc) is 3.51. The van der Waals surface area contributed by atoms with E-state index in [1.807, 2.05) is 48.7 Å². The van der Waals surface area contributed by atoms with E-state index in [4.69, 9.17) is 4.74 Å². The molecule has 150 valence electrons. The van der Waals surface area contributed by atoms with Crippen LogP contribution in [0.1, 0.15) is 30.3 Å². The molecule has 2 aromatic carbocycles. The lowest BCUT2D eigenvalue weighted by Crippen LogP contribution is -2.14. The van der Waals surface area contributed by atoms with Gasteiger partial charge >= 0.3 is 0 Å². The number of benzene rings is 2. The summed E-state index contributed by atoms with van der Waals surface area (Å²) < 4.78 is 5.87. The third kappa shape index (κ3) is 4.11. The second-order valence-electron chi connectivity index (χ2n) is 7.57. The summed E-state index contributed by atoms with van der Waals surface area (Å²) >= 11 is 0. The highest BCUT2D eigenvalue weighted by atomic mass is 16.5. The van der Waals surface area contributed by atoms with Crippen molar-refractivity contribution >= 4 is 0 Å². The zero-order valence-corrected chi connectivity index (χ0v) is 16.7. The third-order valence-corrected chi connectivity index (χ3v) is 5.48. The van der Waals surface area contributed by atoms with Crippen LogP contribution in [0, 0.1) is 0 Å². The van der Waals surface area contributed by atoms with Gasteiger partial charge in [0.05, 0.1) is 17.9 Å². The highest BCUT2D eigenvalue weighted by molar-refractivity contribution is 5.69. The van der Waals surface area contributed by atoms with Crippen molar-refractivity contribution in [1.82, 2.24) is 20.3 Å². The largest absolute Gasteiger partial charge is 0.473 e. The predicted molar refractivity (Wildman–Crippen MR) is 118 cm³/mol. The number of nitrogens with zero attached hydrogens (tertiary/aromatic N) is 2. The van der Waals surface area contributed by atoms with Crippen molar-refractivity contribution in [2.45, 2.75) is 25.5 Å². The minimum atomic E-state index is 0.351. The number of aromatic nitrogens is 3. The molecule has 0 amide bonds. The quantitative estimate of drug-likeness (QED) is 0.474. The lowest BCUT2D eigenvalue weighted by atomic mass is 10.0. The predicted octanol–water partition coefficient (Wildman–Crippen LogP) is 5.14. The fraction of sp³-hybridized carbons (Fsp3) is 0.200. The summed E-state index contributed by atoms with van der Waals surface area (Å²) in [5.74, 6) is 1.66. The first-order valence-electron chi connectivity index (χ1n) is 10.4. The van der Waals surface area contributed by atoms with E-state index in [-0.39, 0.29) is 0 Å². The van der Waals surface area contributed by atoms with Crippen LogP contribution in [0.2, 0.25) is 0 Å². The number of imidazole rings is 1. The average molecular weight is 396 g/mol. The van der Waals surface area contributed by atoms with Crippen LogP contribution in [0.4, 0.5) is 0 Å². The molecule has 0 aliphatic carbocycles. The van der Waals surface area contributed by atoms with Gasteiger partial charge in [0.15, 0.2) is 0 Å². The molecule has 1 aliphatic rings. The smallest absolute Gasteiger partial charge is 0.214 e. The van der Waals surface area contributed by atoms with Crippen molar-refractivity contribution in [1.29, 1.82) is 0 Å². The molecule has 0 spiro atoms. The number of hydrogen-bond acceptors (Lipinski definition) is 4. The summed E-state index contributed by atoms with van der Waals surface area (Å²) in [6.07, 6.45) is 6.06. The van der Waals surface area contributed by atoms with Crippen LogP contribution in [-0.2, 0) is 6.61 Å². The van der Waals surface area contributed by atoms with Crippen molar-refractivity contribution in [3.8, 4) is 28.3 Å². The number of rotatable bonds is 6. The molecule has 30 heavy (non-hydrogen) atoms. The molecule has 5 nitrogen and oxygen atoms in total. The van der Waals surface area contributed by atoms with Gasteiger partial charge in [-0.1, -0.05) is 54.6 Å². The molecule has 1 fully saturated rings. The Morgan fingerprint density at radius 3 is 2.53 bits per heavy atom. The molecule has 4 aromatic rings. The van der Waals surface area contributed by atoms with Crippen LogP contribution < -0.4 is 10.1 Å². The van der Waals surface area contributed by atoms with E-state index >= 15 is 0 Å². The Labute approximate surface area is 176 Å². The summed E-state index contributed by atoms with van der Waals surface area (Å²) in [4.78, 5) is 12.4. The van der Waals surface area contributed by atoms with E-state index in [1.54, 1.807) is 6.20 Å². The monoisotopic (exact) mass is 396 g/mol. The molecule has 2 N–H and O–H groups in total. The van der Waals surface area contributed by atoms with Crippen molar-refractivity contribution in [3.63, 3.8) is 0 Å². The molecule has 0 bridgehead atoms. The summed E-state index contributed by atoms with van der Waals surface area (Å²) in [6.45, 7) is 1.58. The maximum atomic E-state index is 5.87. The standard InChI is InChI=1S/C25H24N4O/c1-2-5-18(6-3-1)17-30-24-15-21(12-14-27-24)19-8-10-20(11-9-19)23-16-28-25(29-23)22-7-4-13-26-22/h1-3,5-6,8-12,14-16,22,26H,4,7,13,17H2,(H,28,29). The number of pyridine rings is 1. The Morgan fingerprint density at radius 2 is 1.73 bits per heavy atom. The number of ether oxygens (including phenoxy) is 1. The highest BCUT2D eigenvalue weighted by Gasteiger charge is 2.19. The van der Waals surface area contributed by atoms with E-state index in [2.05, 4.69) is 44.5 Å². The molecule has 5 rings (SSSR count). The van der Waals surface area contributed by atoms with Gasteiger partial charge in [-0.3, -0.25) is 0 Å². The van der Waals surface area contributed by atoms with E-state index in [1.165, 1.54) is 6.42 Å². The maximum Gasteiger partial charge on any atom is 0.214 e. The summed E-state index contributed by atoms with van der Waals surface area (Å²) in [5, 5.41) is 3.48. The Balaban J connectivity index is 1.29. The molecule has 3 heterocycles. The van der Waals surface area contributed by atoms with Gasteiger partial charge in [-0.05, 0) is 47.7 Å². The van der Waals surface area contributed by atoms with Gasteiger partial charge in [-0.2, -0.15) is 0 Å². The first-order valence-corrected chi connectivity index (χ1v) is 10.4. The van der Waals surface area contributed by atoms with Crippen LogP contribution in [0.25, 0.3) is 22.4 Å². The Hall–Kier alpha value is -3.44. The summed E-state index contributed by atoms with van der Waals surface area (Å²) in [6, 6.07) is 23.0. The lowest BCUT2D eigenvalue weighted by molar-refractivity contribution is 0.294. The molecule has 1 saturated heterocycles. The fourth-order valence-electron chi connectivity index (χ4n) is 3.82. The van der Waals surface area contributed by atoms with Crippen molar-refractivity contribution < 1.29 is 4.74 Å². The molecule has 0 radical (unpaired) electrons. The maximum absolute atomic E-state index is 5.87. The number of aromatic amines is 1. The van der Waals surface area contributed by atoms with Gasteiger partial charge in [0.1, 0.15) is 12.4 Å². The van der Waals surface area contributed by atoms with Crippen molar-refractivity contribution in [2.24, 2.45) is 0 Å². The molecular formula is C25H24N4O. The Morgan fingerprint density at radius 1 is 0.900 bits per heavy atom. The van der Waals surface area contributed by atoms with Crippen LogP contribution in [0.15, 0.2) is 79.1 Å². The van der Waals surface area contributed by atoms with Gasteiger partial charge in [0.25, 0.3) is 0 Å². The minimum Gasteiger partial charge on any atom is -0.473 e. The molecule has 2 aromatic heterocycles. The molecule has 1 aliphatic heterocycles. The molecule has 1 unspecified atom stereocenters. The van der Waals surface area contributed by atoms with Crippen LogP contribution >= 0.6 is 0 Å². The minimum absolute atomic E-state index is 0.351. The first kappa shape index (κ1) is 18.6. The number of H-pyrrole nitrogens is 1. The highest BCUT2D eigenvalue weighted by Crippen LogP contribution is 2.27. The first-order chi connectivity index (χ1) is 14.8. The van der Waals surface area contributed by atoms with Gasteiger partial charge in [0, 0.05) is 12.3 Å². The molecular weight excluding hydrogens is 372 g/mol. The van der Waals surface area contributed by atoms with E-state index in [9.17, 15) is 0 Å². The van der Waals surface area contributed by atoms with Crippen LogP contribution in [0.3, 0.4) is 0 Å². The zero-order valence-electron chi connectivity index (χ0n) is 16.7. The lowest BCUT2D eigenvalue weighted by Gasteiger charge is -2.08. The van der Waals surface area contributed by atoms with Crippen molar-refractivity contribution in [3.05, 3.63) is 90.5 Å². The van der Waals surface area contributed by atoms with Crippen LogP contribution in [0.5, 0.6) is 5.88 Å². The Kier molecular flexibility index (Phi) is 5.27. The number of nitrogens with one attached hydrogen (secondary N) is 2. The summed E-state index contributed by atoms with van der Waals surface area (Å²) in [5.41, 5.74) is 5.51. The van der Waals surface area contributed by atoms with Gasteiger partial charge in [0.2, 0.25) is 5.88 Å². The second kappa shape index (κ2) is 8.51. The van der Waals surface area contributed by atoms with Crippen LogP contribution in [-0.4, -0.2) is 21.5 Å². The third-order valence-electron chi connectivity index (χ3n) is 5.48. The SMILES string of the molecule is c1ccc(COc2cc(-c3ccc(-c4cnc(C5CCCN5)[nH]4)cc3)ccn2)cc1. The van der Waals surface area contributed by atoms with E-state index < -0.39 is 0 Å².